The minimum atomic E-state index is -0.402. The molecule has 1 N–H and O–H groups in total. The zero-order chi connectivity index (χ0) is 14.2. The second kappa shape index (κ2) is 7.50. The van der Waals surface area contributed by atoms with Gasteiger partial charge in [0.1, 0.15) is 6.61 Å². The van der Waals surface area contributed by atoms with Gasteiger partial charge in [-0.1, -0.05) is 42.5 Å². The molecule has 0 spiro atoms. The molecular weight excluding hydrogens is 270 g/mol. The number of ether oxygens (including phenoxy) is 1. The van der Waals surface area contributed by atoms with Crippen LogP contribution in [-0.4, -0.2) is 12.6 Å². The molecule has 1 heterocycles. The van der Waals surface area contributed by atoms with E-state index in [2.05, 4.69) is 23.0 Å². The summed E-state index contributed by atoms with van der Waals surface area (Å²) in [5.41, 5.74) is 3.42. The maximum Gasteiger partial charge on any atom is 0.407 e. The van der Waals surface area contributed by atoms with E-state index < -0.39 is 6.09 Å². The van der Waals surface area contributed by atoms with E-state index in [9.17, 15) is 4.79 Å². The first-order chi connectivity index (χ1) is 9.75. The number of amides is 1. The van der Waals surface area contributed by atoms with E-state index in [1.165, 1.54) is 11.1 Å². The molecule has 3 nitrogen and oxygen atoms in total. The van der Waals surface area contributed by atoms with Crippen molar-refractivity contribution in [2.45, 2.75) is 13.5 Å². The molecule has 104 valence electrons. The van der Waals surface area contributed by atoms with Crippen LogP contribution in [0.5, 0.6) is 0 Å². The first kappa shape index (κ1) is 14.3. The highest BCUT2D eigenvalue weighted by Gasteiger charge is 2.00. The maximum atomic E-state index is 11.5. The number of rotatable bonds is 5. The zero-order valence-electron chi connectivity index (χ0n) is 11.3. The lowest BCUT2D eigenvalue weighted by atomic mass is 10.2. The Labute approximate surface area is 122 Å². The molecule has 1 aromatic heterocycles. The van der Waals surface area contributed by atoms with Crippen LogP contribution in [-0.2, 0) is 11.3 Å². The van der Waals surface area contributed by atoms with E-state index >= 15 is 0 Å². The largest absolute Gasteiger partial charge is 0.445 e. The predicted molar refractivity (Wildman–Crippen MR) is 82.7 cm³/mol. The van der Waals surface area contributed by atoms with E-state index in [0.29, 0.717) is 13.2 Å². The molecule has 0 bridgehead atoms. The van der Waals surface area contributed by atoms with Crippen LogP contribution in [0.1, 0.15) is 16.7 Å². The van der Waals surface area contributed by atoms with Crippen LogP contribution in [0.4, 0.5) is 4.79 Å². The summed E-state index contributed by atoms with van der Waals surface area (Å²) in [5, 5.41) is 6.87. The number of hydrogen-bond donors (Lipinski definition) is 1. The molecule has 1 amide bonds. The Balaban J connectivity index is 1.68. The number of carbonyl (C=O) groups is 1. The van der Waals surface area contributed by atoms with Gasteiger partial charge < -0.3 is 10.1 Å². The van der Waals surface area contributed by atoms with Crippen LogP contribution in [0.3, 0.4) is 0 Å². The van der Waals surface area contributed by atoms with Gasteiger partial charge >= 0.3 is 6.09 Å². The van der Waals surface area contributed by atoms with Crippen LogP contribution in [0.15, 0.2) is 47.2 Å². The molecule has 0 fully saturated rings. The van der Waals surface area contributed by atoms with Crippen molar-refractivity contribution < 1.29 is 9.53 Å². The number of aryl methyl sites for hydroxylation is 1. The van der Waals surface area contributed by atoms with Gasteiger partial charge in [-0.2, -0.15) is 11.3 Å². The fourth-order valence-corrected chi connectivity index (χ4v) is 2.46. The van der Waals surface area contributed by atoms with Crippen LogP contribution in [0, 0.1) is 6.92 Å². The lowest BCUT2D eigenvalue weighted by Gasteiger charge is -2.05. The number of hydrogen-bond acceptors (Lipinski definition) is 3. The Bertz CT molecular complexity index is 575. The van der Waals surface area contributed by atoms with Crippen molar-refractivity contribution in [2.75, 3.05) is 6.54 Å². The summed E-state index contributed by atoms with van der Waals surface area (Å²) >= 11 is 1.67. The molecule has 4 heteroatoms. The predicted octanol–water partition coefficient (Wildman–Crippen LogP) is 4.00. The van der Waals surface area contributed by atoms with Crippen molar-refractivity contribution in [3.05, 3.63) is 63.9 Å². The summed E-state index contributed by atoms with van der Waals surface area (Å²) in [6.45, 7) is 2.82. The lowest BCUT2D eigenvalue weighted by molar-refractivity contribution is 0.141. The van der Waals surface area contributed by atoms with Gasteiger partial charge in [-0.3, -0.25) is 0 Å². The number of thiophene rings is 1. The molecule has 1 aromatic carbocycles. The Kier molecular flexibility index (Phi) is 5.38. The molecule has 20 heavy (non-hydrogen) atoms. The number of alkyl carbamates (subject to hydrolysis) is 1. The number of benzene rings is 1. The zero-order valence-corrected chi connectivity index (χ0v) is 12.2. The third-order valence-corrected chi connectivity index (χ3v) is 3.65. The summed E-state index contributed by atoms with van der Waals surface area (Å²) in [5.74, 6) is 0. The van der Waals surface area contributed by atoms with Gasteiger partial charge in [0, 0.05) is 6.54 Å². The second-order valence-electron chi connectivity index (χ2n) is 4.36. The SMILES string of the molecule is Cc1cscc1C=CCNC(=O)OCc1ccccc1. The fraction of sp³-hybridized carbons (Fsp3) is 0.188. The van der Waals surface area contributed by atoms with E-state index in [1.54, 1.807) is 11.3 Å². The van der Waals surface area contributed by atoms with Gasteiger partial charge in [0.05, 0.1) is 0 Å². The summed E-state index contributed by atoms with van der Waals surface area (Å²) in [6.07, 6.45) is 3.52. The van der Waals surface area contributed by atoms with Crippen molar-refractivity contribution in [2.24, 2.45) is 0 Å². The van der Waals surface area contributed by atoms with E-state index in [4.69, 9.17) is 4.74 Å². The van der Waals surface area contributed by atoms with Crippen molar-refractivity contribution in [3.8, 4) is 0 Å². The smallest absolute Gasteiger partial charge is 0.407 e. The molecule has 0 atom stereocenters. The van der Waals surface area contributed by atoms with Crippen molar-refractivity contribution in [1.29, 1.82) is 0 Å². The van der Waals surface area contributed by atoms with E-state index in [1.807, 2.05) is 42.5 Å². The van der Waals surface area contributed by atoms with Crippen LogP contribution < -0.4 is 5.32 Å². The van der Waals surface area contributed by atoms with Gasteiger partial charge in [0.15, 0.2) is 0 Å². The Morgan fingerprint density at radius 3 is 2.80 bits per heavy atom. The summed E-state index contributed by atoms with van der Waals surface area (Å²) in [7, 11) is 0. The average molecular weight is 287 g/mol. The summed E-state index contributed by atoms with van der Waals surface area (Å²) < 4.78 is 5.11. The first-order valence-electron chi connectivity index (χ1n) is 6.39. The monoisotopic (exact) mass is 287 g/mol. The first-order valence-corrected chi connectivity index (χ1v) is 7.34. The van der Waals surface area contributed by atoms with Crippen LogP contribution in [0.2, 0.25) is 0 Å². The maximum absolute atomic E-state index is 11.5. The molecule has 0 saturated heterocycles. The molecule has 2 rings (SSSR count). The highest BCUT2D eigenvalue weighted by Crippen LogP contribution is 2.14. The molecular formula is C16H17NO2S. The molecule has 0 aliphatic rings. The Morgan fingerprint density at radius 2 is 2.10 bits per heavy atom. The fourth-order valence-electron chi connectivity index (χ4n) is 1.64. The van der Waals surface area contributed by atoms with Crippen molar-refractivity contribution in [3.63, 3.8) is 0 Å². The molecule has 0 saturated carbocycles. The van der Waals surface area contributed by atoms with Gasteiger partial charge in [-0.15, -0.1) is 0 Å². The molecule has 0 aliphatic heterocycles. The molecule has 2 aromatic rings. The second-order valence-corrected chi connectivity index (χ2v) is 5.10. The third-order valence-electron chi connectivity index (χ3n) is 2.77. The van der Waals surface area contributed by atoms with Gasteiger partial charge in [0.2, 0.25) is 0 Å². The summed E-state index contributed by atoms with van der Waals surface area (Å²) in [6, 6.07) is 9.62. The van der Waals surface area contributed by atoms with Gasteiger partial charge in [-0.25, -0.2) is 4.79 Å². The van der Waals surface area contributed by atoms with Gasteiger partial charge in [-0.05, 0) is 34.4 Å². The van der Waals surface area contributed by atoms with Crippen molar-refractivity contribution >= 4 is 23.5 Å². The van der Waals surface area contributed by atoms with Gasteiger partial charge in [0.25, 0.3) is 0 Å². The molecule has 0 unspecified atom stereocenters. The highest BCUT2D eigenvalue weighted by molar-refractivity contribution is 7.08. The number of nitrogens with one attached hydrogen (secondary N) is 1. The quantitative estimate of drug-likeness (QED) is 0.902. The van der Waals surface area contributed by atoms with Crippen molar-refractivity contribution in [1.82, 2.24) is 5.32 Å². The normalized spacial score (nSPS) is 10.7. The molecule has 0 radical (unpaired) electrons. The minimum Gasteiger partial charge on any atom is -0.445 e. The third kappa shape index (κ3) is 4.55. The summed E-state index contributed by atoms with van der Waals surface area (Å²) in [4.78, 5) is 11.5. The Morgan fingerprint density at radius 1 is 1.30 bits per heavy atom. The topological polar surface area (TPSA) is 38.3 Å². The molecule has 0 aliphatic carbocycles. The lowest BCUT2D eigenvalue weighted by Crippen LogP contribution is -2.24. The highest BCUT2D eigenvalue weighted by atomic mass is 32.1. The number of carbonyl (C=O) groups excluding carboxylic acids is 1. The van der Waals surface area contributed by atoms with Crippen LogP contribution in [0.25, 0.3) is 6.08 Å². The van der Waals surface area contributed by atoms with Crippen LogP contribution >= 0.6 is 11.3 Å². The van der Waals surface area contributed by atoms with E-state index in [0.717, 1.165) is 5.56 Å². The Hall–Kier alpha value is -2.07. The average Bonchev–Trinajstić information content (AvgIpc) is 2.88. The standard InChI is InChI=1S/C16H17NO2S/c1-13-11-20-12-15(13)8-5-9-17-16(18)19-10-14-6-3-2-4-7-14/h2-8,11-12H,9-10H2,1H3,(H,17,18). The van der Waals surface area contributed by atoms with E-state index in [-0.39, 0.29) is 0 Å². The minimum absolute atomic E-state index is 0.292.